The quantitative estimate of drug-likeness (QED) is 0.495. The largest absolute Gasteiger partial charge is 0.361 e. The summed E-state index contributed by atoms with van der Waals surface area (Å²) >= 11 is 0. The highest BCUT2D eigenvalue weighted by Crippen LogP contribution is 2.26. The van der Waals surface area contributed by atoms with E-state index in [1.54, 1.807) is 0 Å². The van der Waals surface area contributed by atoms with Crippen molar-refractivity contribution in [2.45, 2.75) is 83.5 Å². The average Bonchev–Trinajstić information content (AvgIpc) is 3.26. The molecule has 0 aromatic carbocycles. The molecule has 0 spiro atoms. The molecule has 2 aliphatic rings. The van der Waals surface area contributed by atoms with Crippen LogP contribution in [0.3, 0.4) is 0 Å². The van der Waals surface area contributed by atoms with Crippen molar-refractivity contribution in [1.29, 1.82) is 0 Å². The molecule has 0 amide bonds. The molecule has 0 saturated carbocycles. The fraction of sp³-hybridized carbons (Fsp3) is 0.833. The second-order valence-electron chi connectivity index (χ2n) is 10.9. The first-order chi connectivity index (χ1) is 15.9. The minimum absolute atomic E-state index is 0.00404. The topological polar surface area (TPSA) is 111 Å². The molecule has 3 heterocycles. The van der Waals surface area contributed by atoms with Crippen molar-refractivity contribution < 1.29 is 27.2 Å². The fourth-order valence-electron chi connectivity index (χ4n) is 4.31. The maximum atomic E-state index is 13.0. The third-order valence-electron chi connectivity index (χ3n) is 6.84. The van der Waals surface area contributed by atoms with Crippen LogP contribution in [-0.2, 0) is 36.1 Å². The molecule has 2 saturated heterocycles. The van der Waals surface area contributed by atoms with Gasteiger partial charge < -0.3 is 19.3 Å². The highest BCUT2D eigenvalue weighted by Gasteiger charge is 2.33. The zero-order chi connectivity index (χ0) is 25.0. The highest BCUT2D eigenvalue weighted by molar-refractivity contribution is 7.88. The van der Waals surface area contributed by atoms with E-state index in [2.05, 4.69) is 10.5 Å². The van der Waals surface area contributed by atoms with Gasteiger partial charge in [-0.15, -0.1) is 0 Å². The van der Waals surface area contributed by atoms with Crippen molar-refractivity contribution in [2.24, 2.45) is 5.92 Å². The predicted molar refractivity (Wildman–Crippen MR) is 129 cm³/mol. The normalized spacial score (nSPS) is 23.2. The van der Waals surface area contributed by atoms with Crippen LogP contribution in [0.1, 0.15) is 71.3 Å². The maximum Gasteiger partial charge on any atom is 0.211 e. The molecule has 0 aliphatic carbocycles. The Morgan fingerprint density at radius 2 is 2.00 bits per heavy atom. The Bertz CT molecular complexity index is 921. The molecule has 2 atom stereocenters. The molecule has 1 unspecified atom stereocenters. The van der Waals surface area contributed by atoms with E-state index in [1.165, 1.54) is 10.6 Å². The Kier molecular flexibility index (Phi) is 8.95. The Balaban J connectivity index is 1.50. The second kappa shape index (κ2) is 11.2. The number of nitrogens with zero attached hydrogens (tertiary/aromatic N) is 2. The molecule has 0 radical (unpaired) electrons. The molecular formula is C24H41N3O6S. The second-order valence-corrected chi connectivity index (χ2v) is 12.9. The Morgan fingerprint density at radius 1 is 1.24 bits per heavy atom. The van der Waals surface area contributed by atoms with Crippen LogP contribution in [0, 0.1) is 5.92 Å². The number of Topliss-reactive ketones (excluding diaryl/α,β-unsaturated/α-hetero) is 1. The van der Waals surface area contributed by atoms with Gasteiger partial charge in [-0.05, 0) is 51.9 Å². The number of carbonyl (C=O) groups is 1. The van der Waals surface area contributed by atoms with Crippen molar-refractivity contribution in [1.82, 2.24) is 14.8 Å². The Morgan fingerprint density at radius 3 is 2.68 bits per heavy atom. The van der Waals surface area contributed by atoms with Gasteiger partial charge in [0.05, 0.1) is 30.5 Å². The lowest BCUT2D eigenvalue weighted by Gasteiger charge is -2.33. The van der Waals surface area contributed by atoms with Crippen LogP contribution < -0.4 is 5.32 Å². The van der Waals surface area contributed by atoms with Crippen LogP contribution in [0.5, 0.6) is 0 Å². The van der Waals surface area contributed by atoms with E-state index in [9.17, 15) is 13.2 Å². The average molecular weight is 500 g/mol. The number of hydrogen-bond acceptors (Lipinski definition) is 8. The van der Waals surface area contributed by atoms with Gasteiger partial charge in [-0.1, -0.05) is 19.0 Å². The molecule has 2 aliphatic heterocycles. The van der Waals surface area contributed by atoms with E-state index >= 15 is 0 Å². The van der Waals surface area contributed by atoms with Gasteiger partial charge in [-0.25, -0.2) is 12.7 Å². The van der Waals surface area contributed by atoms with Crippen molar-refractivity contribution in [3.05, 3.63) is 17.5 Å². The molecule has 10 heteroatoms. The van der Waals surface area contributed by atoms with Gasteiger partial charge in [0.25, 0.3) is 0 Å². The Hall–Kier alpha value is -1.33. The lowest BCUT2D eigenvalue weighted by molar-refractivity contribution is -0.170. The van der Waals surface area contributed by atoms with Crippen LogP contribution >= 0.6 is 0 Å². The molecule has 1 N–H and O–H groups in total. The monoisotopic (exact) mass is 499 g/mol. The van der Waals surface area contributed by atoms with Crippen molar-refractivity contribution in [3.8, 4) is 0 Å². The number of carbonyl (C=O) groups excluding carboxylic acids is 1. The standard InChI is InChI=1S/C24H41N3O6S/c1-23(2,17-32-22-10-6-7-12-31-22)20-13-19(33-26-20)14-21(28)24(3,4)25-15-18-9-8-11-27(16-18)34(5,29)30/h13,18,22,25H,6-12,14-17H2,1-5H3/t18-,22?/m0/s1. The number of ketones is 1. The van der Waals surface area contributed by atoms with Gasteiger partial charge in [-0.2, -0.15) is 0 Å². The summed E-state index contributed by atoms with van der Waals surface area (Å²) in [6, 6.07) is 1.84. The van der Waals surface area contributed by atoms with E-state index in [1.807, 2.05) is 33.8 Å². The van der Waals surface area contributed by atoms with Crippen molar-refractivity contribution in [3.63, 3.8) is 0 Å². The maximum absolute atomic E-state index is 13.0. The summed E-state index contributed by atoms with van der Waals surface area (Å²) in [5.41, 5.74) is -0.386. The first-order valence-corrected chi connectivity index (χ1v) is 14.1. The number of sulfonamides is 1. The van der Waals surface area contributed by atoms with Crippen LogP contribution in [-0.4, -0.2) is 74.6 Å². The summed E-state index contributed by atoms with van der Waals surface area (Å²) in [5, 5.41) is 7.55. The third kappa shape index (κ3) is 7.58. The first kappa shape index (κ1) is 27.3. The SMILES string of the molecule is CC(C)(NC[C@@H]1CCCN(S(C)(=O)=O)C1)C(=O)Cc1cc(C(C)(C)COC2CCCCO2)no1. The molecule has 0 bridgehead atoms. The molecule has 1 aromatic heterocycles. The smallest absolute Gasteiger partial charge is 0.211 e. The summed E-state index contributed by atoms with van der Waals surface area (Å²) in [4.78, 5) is 13.0. The summed E-state index contributed by atoms with van der Waals surface area (Å²) in [6.45, 7) is 10.6. The lowest BCUT2D eigenvalue weighted by atomic mass is 9.89. The van der Waals surface area contributed by atoms with Crippen molar-refractivity contribution >= 4 is 15.8 Å². The van der Waals surface area contributed by atoms with Gasteiger partial charge in [0.2, 0.25) is 10.0 Å². The van der Waals surface area contributed by atoms with Crippen LogP contribution in [0.2, 0.25) is 0 Å². The number of ether oxygens (including phenoxy) is 2. The molecule has 194 valence electrons. The zero-order valence-corrected chi connectivity index (χ0v) is 22.1. The van der Waals surface area contributed by atoms with E-state index in [0.29, 0.717) is 32.0 Å². The third-order valence-corrected chi connectivity index (χ3v) is 8.11. The summed E-state index contributed by atoms with van der Waals surface area (Å²) in [6.07, 6.45) is 6.09. The molecule has 34 heavy (non-hydrogen) atoms. The lowest BCUT2D eigenvalue weighted by Crippen LogP contribution is -2.51. The van der Waals surface area contributed by atoms with E-state index in [0.717, 1.165) is 44.4 Å². The first-order valence-electron chi connectivity index (χ1n) is 12.3. The number of aromatic nitrogens is 1. The fourth-order valence-corrected chi connectivity index (χ4v) is 5.25. The highest BCUT2D eigenvalue weighted by atomic mass is 32.2. The number of rotatable bonds is 11. The predicted octanol–water partition coefficient (Wildman–Crippen LogP) is 2.65. The van der Waals surface area contributed by atoms with Gasteiger partial charge in [-0.3, -0.25) is 4.79 Å². The Labute approximate surface area is 204 Å². The van der Waals surface area contributed by atoms with Crippen LogP contribution in [0.25, 0.3) is 0 Å². The molecule has 2 fully saturated rings. The minimum atomic E-state index is -3.19. The number of piperidine rings is 1. The molecular weight excluding hydrogens is 458 g/mol. The van der Waals surface area contributed by atoms with Crippen LogP contribution in [0.4, 0.5) is 0 Å². The van der Waals surface area contributed by atoms with Gasteiger partial charge in [0, 0.05) is 37.7 Å². The molecule has 3 rings (SSSR count). The summed E-state index contributed by atoms with van der Waals surface area (Å²) in [7, 11) is -3.19. The minimum Gasteiger partial charge on any atom is -0.361 e. The van der Waals surface area contributed by atoms with E-state index < -0.39 is 15.6 Å². The van der Waals surface area contributed by atoms with Gasteiger partial charge in [0.15, 0.2) is 12.1 Å². The molecule has 9 nitrogen and oxygen atoms in total. The van der Waals surface area contributed by atoms with E-state index in [4.69, 9.17) is 14.0 Å². The van der Waals surface area contributed by atoms with Crippen molar-refractivity contribution in [2.75, 3.05) is 39.1 Å². The zero-order valence-electron chi connectivity index (χ0n) is 21.3. The number of nitrogens with one attached hydrogen (secondary N) is 1. The van der Waals surface area contributed by atoms with Gasteiger partial charge >= 0.3 is 0 Å². The molecule has 1 aromatic rings. The van der Waals surface area contributed by atoms with E-state index in [-0.39, 0.29) is 29.8 Å². The number of hydrogen-bond donors (Lipinski definition) is 1. The van der Waals surface area contributed by atoms with Gasteiger partial charge in [0.1, 0.15) is 5.76 Å². The van der Waals surface area contributed by atoms with Crippen LogP contribution in [0.15, 0.2) is 10.6 Å². The summed E-state index contributed by atoms with van der Waals surface area (Å²) < 4.78 is 42.3. The summed E-state index contributed by atoms with van der Waals surface area (Å²) in [5.74, 6) is 0.704.